The van der Waals surface area contributed by atoms with Crippen LogP contribution in [0.5, 0.6) is 5.75 Å². The lowest BCUT2D eigenvalue weighted by Gasteiger charge is -2.15. The van der Waals surface area contributed by atoms with Crippen molar-refractivity contribution in [2.45, 2.75) is 12.8 Å². The van der Waals surface area contributed by atoms with E-state index in [1.807, 2.05) is 0 Å². The summed E-state index contributed by atoms with van der Waals surface area (Å²) in [7, 11) is 0. The van der Waals surface area contributed by atoms with E-state index in [-0.39, 0.29) is 17.0 Å². The first kappa shape index (κ1) is 14.3. The lowest BCUT2D eigenvalue weighted by molar-refractivity contribution is -0.385. The monoisotopic (exact) mass is 280 g/mol. The van der Waals surface area contributed by atoms with Gasteiger partial charge in [-0.3, -0.25) is 15.0 Å². The number of carboxylic acids is 1. The average molecular weight is 280 g/mol. The Balaban J connectivity index is 2.04. The van der Waals surface area contributed by atoms with Crippen molar-refractivity contribution in [3.8, 4) is 5.75 Å². The number of nitrogens with zero attached hydrogens (tertiary/aromatic N) is 2. The summed E-state index contributed by atoms with van der Waals surface area (Å²) in [4.78, 5) is 23.4. The van der Waals surface area contributed by atoms with Gasteiger partial charge in [0.1, 0.15) is 6.61 Å². The molecule has 0 unspecified atom stereocenters. The molecule has 1 saturated heterocycles. The Morgan fingerprint density at radius 2 is 2.10 bits per heavy atom. The Hall–Kier alpha value is -2.15. The molecule has 1 fully saturated rings. The van der Waals surface area contributed by atoms with Crippen LogP contribution in [0.3, 0.4) is 0 Å². The van der Waals surface area contributed by atoms with Crippen LogP contribution in [0.1, 0.15) is 23.2 Å². The van der Waals surface area contributed by atoms with Gasteiger partial charge in [-0.15, -0.1) is 0 Å². The third-order valence-corrected chi connectivity index (χ3v) is 3.27. The lowest BCUT2D eigenvalue weighted by atomic mass is 10.2. The zero-order chi connectivity index (χ0) is 14.5. The van der Waals surface area contributed by atoms with Crippen LogP contribution in [-0.2, 0) is 0 Å². The summed E-state index contributed by atoms with van der Waals surface area (Å²) in [5, 5.41) is 19.8. The SMILES string of the molecule is O=C(O)c1ccc([N+](=O)[O-])c(OCCN2CCCC2)c1. The predicted octanol–water partition coefficient (Wildman–Crippen LogP) is 1.77. The largest absolute Gasteiger partial charge is 0.485 e. The van der Waals surface area contributed by atoms with Gasteiger partial charge in [0.05, 0.1) is 10.5 Å². The zero-order valence-corrected chi connectivity index (χ0v) is 10.9. The van der Waals surface area contributed by atoms with Crippen LogP contribution in [0.15, 0.2) is 18.2 Å². The highest BCUT2D eigenvalue weighted by Gasteiger charge is 2.18. The number of nitro groups is 1. The maximum absolute atomic E-state index is 10.9. The van der Waals surface area contributed by atoms with Gasteiger partial charge in [-0.05, 0) is 32.0 Å². The third kappa shape index (κ3) is 3.45. The fraction of sp³-hybridized carbons (Fsp3) is 0.462. The highest BCUT2D eigenvalue weighted by atomic mass is 16.6. The zero-order valence-electron chi connectivity index (χ0n) is 10.9. The van der Waals surface area contributed by atoms with E-state index in [9.17, 15) is 14.9 Å². The van der Waals surface area contributed by atoms with E-state index in [0.717, 1.165) is 32.0 Å². The molecule has 0 atom stereocenters. The Bertz CT molecular complexity index is 511. The number of rotatable bonds is 6. The van der Waals surface area contributed by atoms with E-state index in [1.54, 1.807) is 0 Å². The van der Waals surface area contributed by atoms with E-state index in [4.69, 9.17) is 9.84 Å². The molecule has 1 aliphatic rings. The molecule has 1 aromatic carbocycles. The summed E-state index contributed by atoms with van der Waals surface area (Å²) in [6.07, 6.45) is 2.32. The number of hydrogen-bond donors (Lipinski definition) is 1. The summed E-state index contributed by atoms with van der Waals surface area (Å²) in [6, 6.07) is 3.56. The van der Waals surface area contributed by atoms with E-state index < -0.39 is 10.9 Å². The van der Waals surface area contributed by atoms with Crippen LogP contribution < -0.4 is 4.74 Å². The second-order valence-corrected chi connectivity index (χ2v) is 4.64. The van der Waals surface area contributed by atoms with Crippen molar-refractivity contribution in [1.29, 1.82) is 0 Å². The molecule has 7 nitrogen and oxygen atoms in total. The molecular formula is C13H16N2O5. The number of carboxylic acid groups (broad SMARTS) is 1. The van der Waals surface area contributed by atoms with Crippen LogP contribution in [0.4, 0.5) is 5.69 Å². The van der Waals surface area contributed by atoms with Crippen LogP contribution >= 0.6 is 0 Å². The highest BCUT2D eigenvalue weighted by molar-refractivity contribution is 5.88. The molecule has 1 heterocycles. The van der Waals surface area contributed by atoms with Crippen molar-refractivity contribution in [3.63, 3.8) is 0 Å². The molecule has 0 amide bonds. The second kappa shape index (κ2) is 6.33. The van der Waals surface area contributed by atoms with Crippen molar-refractivity contribution in [3.05, 3.63) is 33.9 Å². The number of aromatic carboxylic acids is 1. The molecule has 0 bridgehead atoms. The first-order chi connectivity index (χ1) is 9.58. The van der Waals surface area contributed by atoms with Crippen LogP contribution in [0.2, 0.25) is 0 Å². The standard InChI is InChI=1S/C13H16N2O5/c16-13(17)10-3-4-11(15(18)19)12(9-10)20-8-7-14-5-1-2-6-14/h3-4,9H,1-2,5-8H2,(H,16,17). The molecular weight excluding hydrogens is 264 g/mol. The Morgan fingerprint density at radius 1 is 1.40 bits per heavy atom. The van der Waals surface area contributed by atoms with Crippen molar-refractivity contribution in [1.82, 2.24) is 4.90 Å². The summed E-state index contributed by atoms with van der Waals surface area (Å²) in [6.45, 7) is 3.03. The van der Waals surface area contributed by atoms with Gasteiger partial charge >= 0.3 is 11.7 Å². The number of nitro benzene ring substituents is 1. The van der Waals surface area contributed by atoms with Gasteiger partial charge < -0.3 is 9.84 Å². The molecule has 0 saturated carbocycles. The fourth-order valence-electron chi connectivity index (χ4n) is 2.20. The lowest BCUT2D eigenvalue weighted by Crippen LogP contribution is -2.25. The Kier molecular flexibility index (Phi) is 4.52. The minimum Gasteiger partial charge on any atom is -0.485 e. The highest BCUT2D eigenvalue weighted by Crippen LogP contribution is 2.28. The normalized spacial score (nSPS) is 15.2. The van der Waals surface area contributed by atoms with E-state index in [2.05, 4.69) is 4.90 Å². The van der Waals surface area contributed by atoms with Crippen LogP contribution in [-0.4, -0.2) is 47.1 Å². The van der Waals surface area contributed by atoms with Crippen molar-refractivity contribution >= 4 is 11.7 Å². The minimum absolute atomic E-state index is 0.00842. The van der Waals surface area contributed by atoms with Gasteiger partial charge in [-0.2, -0.15) is 0 Å². The van der Waals surface area contributed by atoms with E-state index in [0.29, 0.717) is 13.2 Å². The van der Waals surface area contributed by atoms with Crippen LogP contribution in [0.25, 0.3) is 0 Å². The molecule has 0 radical (unpaired) electrons. The molecule has 1 aromatic rings. The Labute approximate surface area is 115 Å². The molecule has 108 valence electrons. The van der Waals surface area contributed by atoms with Gasteiger partial charge in [-0.1, -0.05) is 0 Å². The quantitative estimate of drug-likeness (QED) is 0.630. The van der Waals surface area contributed by atoms with Gasteiger partial charge in [0, 0.05) is 18.7 Å². The topological polar surface area (TPSA) is 92.9 Å². The molecule has 20 heavy (non-hydrogen) atoms. The summed E-state index contributed by atoms with van der Waals surface area (Å²) >= 11 is 0. The van der Waals surface area contributed by atoms with Gasteiger partial charge in [0.2, 0.25) is 0 Å². The molecule has 0 spiro atoms. The van der Waals surface area contributed by atoms with E-state index in [1.165, 1.54) is 12.1 Å². The average Bonchev–Trinajstić information content (AvgIpc) is 2.91. The minimum atomic E-state index is -1.13. The summed E-state index contributed by atoms with van der Waals surface area (Å²) < 4.78 is 5.40. The second-order valence-electron chi connectivity index (χ2n) is 4.64. The van der Waals surface area contributed by atoms with E-state index >= 15 is 0 Å². The fourth-order valence-corrected chi connectivity index (χ4v) is 2.20. The number of ether oxygens (including phenoxy) is 1. The van der Waals surface area contributed by atoms with Gasteiger partial charge in [0.25, 0.3) is 0 Å². The number of carbonyl (C=O) groups is 1. The first-order valence-electron chi connectivity index (χ1n) is 6.45. The summed E-state index contributed by atoms with van der Waals surface area (Å²) in [5.41, 5.74) is -0.233. The third-order valence-electron chi connectivity index (χ3n) is 3.27. The van der Waals surface area contributed by atoms with Crippen molar-refractivity contribution < 1.29 is 19.6 Å². The molecule has 1 aliphatic heterocycles. The van der Waals surface area contributed by atoms with Crippen molar-refractivity contribution in [2.24, 2.45) is 0 Å². The first-order valence-corrected chi connectivity index (χ1v) is 6.45. The van der Waals surface area contributed by atoms with Crippen LogP contribution in [0, 0.1) is 10.1 Å². The molecule has 0 aliphatic carbocycles. The maximum atomic E-state index is 10.9. The smallest absolute Gasteiger partial charge is 0.335 e. The molecule has 0 aromatic heterocycles. The van der Waals surface area contributed by atoms with Gasteiger partial charge in [0.15, 0.2) is 5.75 Å². The van der Waals surface area contributed by atoms with Crippen molar-refractivity contribution in [2.75, 3.05) is 26.2 Å². The molecule has 1 N–H and O–H groups in total. The molecule has 7 heteroatoms. The van der Waals surface area contributed by atoms with Gasteiger partial charge in [-0.25, -0.2) is 4.79 Å². The Morgan fingerprint density at radius 3 is 2.70 bits per heavy atom. The maximum Gasteiger partial charge on any atom is 0.335 e. The predicted molar refractivity (Wildman–Crippen MR) is 71.2 cm³/mol. The molecule has 2 rings (SSSR count). The number of hydrogen-bond acceptors (Lipinski definition) is 5. The summed E-state index contributed by atoms with van der Waals surface area (Å²) in [5.74, 6) is -1.13. The number of benzene rings is 1. The number of likely N-dealkylation sites (tertiary alicyclic amines) is 1.